The van der Waals surface area contributed by atoms with Crippen molar-refractivity contribution in [2.24, 2.45) is 0 Å². The average Bonchev–Trinajstić information content (AvgIpc) is 2.97. The van der Waals surface area contributed by atoms with E-state index in [1.54, 1.807) is 42.7 Å². The van der Waals surface area contributed by atoms with Crippen LogP contribution in [0.5, 0.6) is 17.2 Å². The molecule has 3 heterocycles. The molecular weight excluding hydrogens is 364 g/mol. The Morgan fingerprint density at radius 3 is 2.61 bits per heavy atom. The van der Waals surface area contributed by atoms with Gasteiger partial charge in [0.25, 0.3) is 17.4 Å². The Morgan fingerprint density at radius 1 is 1.07 bits per heavy atom. The van der Waals surface area contributed by atoms with Gasteiger partial charge in [-0.1, -0.05) is 0 Å². The van der Waals surface area contributed by atoms with E-state index in [1.807, 2.05) is 0 Å². The number of nitrogens with one attached hydrogen (secondary N) is 1. The van der Waals surface area contributed by atoms with Crippen molar-refractivity contribution in [1.82, 2.24) is 14.9 Å². The summed E-state index contributed by atoms with van der Waals surface area (Å²) in [5.41, 5.74) is 5.78. The number of imide groups is 1. The molecule has 9 heteroatoms. The van der Waals surface area contributed by atoms with Crippen LogP contribution in [0.15, 0.2) is 53.6 Å². The summed E-state index contributed by atoms with van der Waals surface area (Å²) >= 11 is 0. The third-order valence-electron chi connectivity index (χ3n) is 4.22. The Labute approximate surface area is 158 Å². The zero-order valence-corrected chi connectivity index (χ0v) is 14.6. The number of hydrogen-bond donors (Lipinski definition) is 2. The number of carbonyl (C=O) groups excluding carboxylic acids is 2. The predicted molar refractivity (Wildman–Crippen MR) is 99.1 cm³/mol. The Hall–Kier alpha value is -4.14. The van der Waals surface area contributed by atoms with E-state index in [2.05, 4.69) is 10.3 Å². The second kappa shape index (κ2) is 6.54. The maximum atomic E-state index is 12.5. The van der Waals surface area contributed by atoms with Crippen LogP contribution in [0.1, 0.15) is 20.7 Å². The first-order chi connectivity index (χ1) is 13.5. The summed E-state index contributed by atoms with van der Waals surface area (Å²) in [6, 6.07) is 9.29. The molecule has 1 aliphatic rings. The Kier molecular flexibility index (Phi) is 4.04. The summed E-state index contributed by atoms with van der Waals surface area (Å²) in [6.45, 7) is 0. The summed E-state index contributed by atoms with van der Waals surface area (Å²) in [6.07, 6.45) is 3.17. The lowest BCUT2D eigenvalue weighted by atomic mass is 10.1. The number of rotatable bonds is 4. The molecule has 140 valence electrons. The Bertz CT molecular complexity index is 1170. The summed E-state index contributed by atoms with van der Waals surface area (Å²) in [5.74, 6) is -0.163. The maximum Gasteiger partial charge on any atom is 0.262 e. The van der Waals surface area contributed by atoms with Crippen molar-refractivity contribution in [3.63, 3.8) is 0 Å². The minimum Gasteiger partial charge on any atom is -0.493 e. The molecular formula is C19H14N4O5. The normalized spacial score (nSPS) is 12.5. The second-order valence-electron chi connectivity index (χ2n) is 5.90. The molecule has 28 heavy (non-hydrogen) atoms. The fraction of sp³-hybridized carbons (Fsp3) is 0.0526. The summed E-state index contributed by atoms with van der Waals surface area (Å²) in [7, 11) is 1.45. The summed E-state index contributed by atoms with van der Waals surface area (Å²) < 4.78 is 12.2. The van der Waals surface area contributed by atoms with Crippen molar-refractivity contribution in [3.05, 3.63) is 70.3 Å². The number of anilines is 1. The van der Waals surface area contributed by atoms with Gasteiger partial charge in [0.1, 0.15) is 11.6 Å². The van der Waals surface area contributed by atoms with E-state index in [0.29, 0.717) is 22.9 Å². The number of nitrogens with two attached hydrogens (primary N) is 1. The van der Waals surface area contributed by atoms with Gasteiger partial charge in [-0.25, -0.2) is 0 Å². The molecule has 2 aromatic heterocycles. The number of nitrogens with zero attached hydrogens (tertiary/aromatic N) is 2. The van der Waals surface area contributed by atoms with Crippen LogP contribution in [0.3, 0.4) is 0 Å². The average molecular weight is 378 g/mol. The molecule has 0 fully saturated rings. The van der Waals surface area contributed by atoms with Crippen molar-refractivity contribution in [2.75, 3.05) is 12.8 Å². The van der Waals surface area contributed by atoms with E-state index in [4.69, 9.17) is 15.2 Å². The molecule has 0 aliphatic carbocycles. The zero-order chi connectivity index (χ0) is 19.8. The third kappa shape index (κ3) is 2.75. The van der Waals surface area contributed by atoms with E-state index in [-0.39, 0.29) is 16.9 Å². The standard InChI is InChI=1S/C19H14N4O5/c1-27-14-7-10(4-5-13(14)28-11-3-2-6-21-9-11)23-15(24)8-12-16(17(23)20)19(26)22-18(12)25/h2-9H,20H2,1H3,(H,22,25,26). The SMILES string of the molecule is COc1cc(-n2c(N)c3c(cc2=O)C(=O)NC3=O)ccc1Oc1cccnc1. The van der Waals surface area contributed by atoms with Crippen LogP contribution < -0.4 is 26.1 Å². The van der Waals surface area contributed by atoms with Crippen molar-refractivity contribution < 1.29 is 19.1 Å². The molecule has 4 rings (SSSR count). The van der Waals surface area contributed by atoms with Crippen LogP contribution in [0, 0.1) is 0 Å². The number of nitrogen functional groups attached to an aromatic ring is 1. The smallest absolute Gasteiger partial charge is 0.262 e. The van der Waals surface area contributed by atoms with Crippen LogP contribution in [-0.2, 0) is 0 Å². The third-order valence-corrected chi connectivity index (χ3v) is 4.22. The van der Waals surface area contributed by atoms with Crippen LogP contribution in [0.4, 0.5) is 5.82 Å². The molecule has 0 unspecified atom stereocenters. The van der Waals surface area contributed by atoms with Gasteiger partial charge in [-0.2, -0.15) is 0 Å². The van der Waals surface area contributed by atoms with E-state index in [1.165, 1.54) is 7.11 Å². The minimum atomic E-state index is -0.645. The fourth-order valence-electron chi connectivity index (χ4n) is 2.96. The van der Waals surface area contributed by atoms with Gasteiger partial charge in [0.15, 0.2) is 11.5 Å². The largest absolute Gasteiger partial charge is 0.493 e. The number of fused-ring (bicyclic) bond motifs is 1. The van der Waals surface area contributed by atoms with Crippen LogP contribution >= 0.6 is 0 Å². The number of aromatic nitrogens is 2. The molecule has 3 N–H and O–H groups in total. The fourth-order valence-corrected chi connectivity index (χ4v) is 2.96. The van der Waals surface area contributed by atoms with E-state index in [9.17, 15) is 14.4 Å². The second-order valence-corrected chi connectivity index (χ2v) is 5.90. The topological polar surface area (TPSA) is 126 Å². The quantitative estimate of drug-likeness (QED) is 0.659. The van der Waals surface area contributed by atoms with Gasteiger partial charge in [-0.3, -0.25) is 29.3 Å². The van der Waals surface area contributed by atoms with Crippen LogP contribution in [0.2, 0.25) is 0 Å². The molecule has 0 saturated carbocycles. The number of methoxy groups -OCH3 is 1. The van der Waals surface area contributed by atoms with E-state index in [0.717, 1.165) is 10.6 Å². The van der Waals surface area contributed by atoms with E-state index >= 15 is 0 Å². The first kappa shape index (κ1) is 17.3. The predicted octanol–water partition coefficient (Wildman–Crippen LogP) is 1.50. The van der Waals surface area contributed by atoms with Crippen LogP contribution in [0.25, 0.3) is 5.69 Å². The zero-order valence-electron chi connectivity index (χ0n) is 14.6. The van der Waals surface area contributed by atoms with Crippen molar-refractivity contribution >= 4 is 17.6 Å². The monoisotopic (exact) mass is 378 g/mol. The van der Waals surface area contributed by atoms with Gasteiger partial charge in [0, 0.05) is 18.3 Å². The number of hydrogen-bond acceptors (Lipinski definition) is 7. The highest BCUT2D eigenvalue weighted by Gasteiger charge is 2.32. The van der Waals surface area contributed by atoms with Gasteiger partial charge in [-0.15, -0.1) is 0 Å². The highest BCUT2D eigenvalue weighted by molar-refractivity contribution is 6.23. The molecule has 0 bridgehead atoms. The molecule has 0 atom stereocenters. The molecule has 0 saturated heterocycles. The highest BCUT2D eigenvalue weighted by atomic mass is 16.5. The van der Waals surface area contributed by atoms with Crippen molar-refractivity contribution in [2.45, 2.75) is 0 Å². The number of carbonyl (C=O) groups is 2. The molecule has 1 aliphatic heterocycles. The Balaban J connectivity index is 1.81. The van der Waals surface area contributed by atoms with Gasteiger partial charge in [-0.05, 0) is 24.3 Å². The molecule has 9 nitrogen and oxygen atoms in total. The molecule has 1 aromatic carbocycles. The number of amides is 2. The molecule has 2 amide bonds. The number of benzene rings is 1. The molecule has 3 aromatic rings. The molecule has 0 radical (unpaired) electrons. The van der Waals surface area contributed by atoms with Crippen molar-refractivity contribution in [1.29, 1.82) is 0 Å². The van der Waals surface area contributed by atoms with Gasteiger partial charge in [0.2, 0.25) is 0 Å². The number of pyridine rings is 2. The molecule has 0 spiro atoms. The van der Waals surface area contributed by atoms with Gasteiger partial charge < -0.3 is 15.2 Å². The summed E-state index contributed by atoms with van der Waals surface area (Å²) in [4.78, 5) is 40.3. The van der Waals surface area contributed by atoms with Crippen molar-refractivity contribution in [3.8, 4) is 22.9 Å². The van der Waals surface area contributed by atoms with E-state index < -0.39 is 17.4 Å². The Morgan fingerprint density at radius 2 is 1.89 bits per heavy atom. The first-order valence-corrected chi connectivity index (χ1v) is 8.17. The van der Waals surface area contributed by atoms with Crippen LogP contribution in [-0.4, -0.2) is 28.5 Å². The summed E-state index contributed by atoms with van der Waals surface area (Å²) in [5, 5.41) is 2.13. The van der Waals surface area contributed by atoms with Gasteiger partial charge >= 0.3 is 0 Å². The van der Waals surface area contributed by atoms with Gasteiger partial charge in [0.05, 0.1) is 30.1 Å². The maximum absolute atomic E-state index is 12.5. The lowest BCUT2D eigenvalue weighted by Gasteiger charge is -2.15. The highest BCUT2D eigenvalue weighted by Crippen LogP contribution is 2.34. The number of ether oxygens (including phenoxy) is 2. The first-order valence-electron chi connectivity index (χ1n) is 8.17. The minimum absolute atomic E-state index is 0.0285. The lowest BCUT2D eigenvalue weighted by molar-refractivity contribution is 0.0880. The lowest BCUT2D eigenvalue weighted by Crippen LogP contribution is -2.24.